The number of aliphatic hydroxyl groups excluding tert-OH is 1. The molecule has 0 amide bonds. The molecule has 1 aromatic carbocycles. The van der Waals surface area contributed by atoms with Crippen LogP contribution in [0.5, 0.6) is 0 Å². The molecule has 20 heavy (non-hydrogen) atoms. The van der Waals surface area contributed by atoms with Crippen LogP contribution in [0.25, 0.3) is 0 Å². The lowest BCUT2D eigenvalue weighted by Crippen LogP contribution is -2.23. The van der Waals surface area contributed by atoms with Crippen molar-refractivity contribution in [3.05, 3.63) is 59.7 Å². The zero-order valence-electron chi connectivity index (χ0n) is 10.5. The lowest BCUT2D eigenvalue weighted by Gasteiger charge is -2.08. The molecule has 0 unspecified atom stereocenters. The Bertz CT molecular complexity index is 690. The van der Waals surface area contributed by atoms with Gasteiger partial charge < -0.3 is 5.11 Å². The van der Waals surface area contributed by atoms with Crippen LogP contribution in [0, 0.1) is 5.82 Å². The molecule has 0 saturated heterocycles. The monoisotopic (exact) mass is 296 g/mol. The van der Waals surface area contributed by atoms with Crippen LogP contribution in [0.2, 0.25) is 0 Å². The van der Waals surface area contributed by atoms with Crippen LogP contribution in [0.3, 0.4) is 0 Å². The molecule has 0 aliphatic carbocycles. The van der Waals surface area contributed by atoms with Crippen molar-refractivity contribution in [1.29, 1.82) is 0 Å². The van der Waals surface area contributed by atoms with Crippen molar-refractivity contribution in [2.45, 2.75) is 18.0 Å². The Hall–Kier alpha value is -1.83. The number of sulfonamides is 1. The first-order valence-electron chi connectivity index (χ1n) is 5.81. The molecule has 0 radical (unpaired) electrons. The normalized spacial score (nSPS) is 11.5. The van der Waals surface area contributed by atoms with E-state index >= 15 is 0 Å². The van der Waals surface area contributed by atoms with Gasteiger partial charge in [-0.15, -0.1) is 0 Å². The van der Waals surface area contributed by atoms with Gasteiger partial charge in [0.2, 0.25) is 10.0 Å². The highest BCUT2D eigenvalue weighted by Crippen LogP contribution is 2.15. The fourth-order valence-electron chi connectivity index (χ4n) is 1.60. The molecular formula is C13H13FN2O3S. The minimum Gasteiger partial charge on any atom is -0.392 e. The minimum absolute atomic E-state index is 0.0609. The molecule has 106 valence electrons. The number of nitrogens with zero attached hydrogens (tertiary/aromatic N) is 1. The molecule has 0 fully saturated rings. The Labute approximate surface area is 116 Å². The summed E-state index contributed by atoms with van der Waals surface area (Å²) in [7, 11) is -3.76. The molecule has 0 spiro atoms. The number of nitrogens with one attached hydrogen (secondary N) is 1. The highest BCUT2D eigenvalue weighted by atomic mass is 32.2. The van der Waals surface area contributed by atoms with Crippen LogP contribution < -0.4 is 4.72 Å². The van der Waals surface area contributed by atoms with Crippen molar-refractivity contribution in [3.63, 3.8) is 0 Å². The summed E-state index contributed by atoms with van der Waals surface area (Å²) in [6, 6.07) is 6.72. The molecule has 0 aliphatic rings. The van der Waals surface area contributed by atoms with Crippen molar-refractivity contribution in [1.82, 2.24) is 9.71 Å². The van der Waals surface area contributed by atoms with Crippen LogP contribution in [-0.4, -0.2) is 18.5 Å². The van der Waals surface area contributed by atoms with Crippen molar-refractivity contribution in [2.24, 2.45) is 0 Å². The molecule has 5 nitrogen and oxygen atoms in total. The molecular weight excluding hydrogens is 283 g/mol. The highest BCUT2D eigenvalue weighted by molar-refractivity contribution is 7.89. The smallest absolute Gasteiger partial charge is 0.240 e. The van der Waals surface area contributed by atoms with E-state index < -0.39 is 22.4 Å². The fourth-order valence-corrected chi connectivity index (χ4v) is 2.67. The van der Waals surface area contributed by atoms with E-state index in [-0.39, 0.29) is 17.0 Å². The maximum Gasteiger partial charge on any atom is 0.240 e. The van der Waals surface area contributed by atoms with Gasteiger partial charge in [0, 0.05) is 24.5 Å². The fraction of sp³-hybridized carbons (Fsp3) is 0.154. The second-order valence-corrected chi connectivity index (χ2v) is 5.86. The molecule has 0 aliphatic heterocycles. The predicted molar refractivity (Wildman–Crippen MR) is 70.6 cm³/mol. The van der Waals surface area contributed by atoms with E-state index in [1.807, 2.05) is 0 Å². The van der Waals surface area contributed by atoms with E-state index in [1.165, 1.54) is 0 Å². The third-order valence-corrected chi connectivity index (χ3v) is 4.09. The molecule has 2 N–H and O–H groups in total. The highest BCUT2D eigenvalue weighted by Gasteiger charge is 2.15. The average molecular weight is 296 g/mol. The third kappa shape index (κ3) is 3.38. The standard InChI is InChI=1S/C13H13FN2O3S/c14-13-4-3-12(6-11(13)9-17)20(18,19)16-8-10-2-1-5-15-7-10/h1-7,16-17H,8-9H2. The van der Waals surface area contributed by atoms with Gasteiger partial charge in [-0.1, -0.05) is 6.07 Å². The van der Waals surface area contributed by atoms with Crippen LogP contribution in [0.1, 0.15) is 11.1 Å². The second-order valence-electron chi connectivity index (χ2n) is 4.10. The number of aromatic nitrogens is 1. The summed E-state index contributed by atoms with van der Waals surface area (Å²) in [6.45, 7) is -0.472. The Kier molecular flexibility index (Phi) is 4.43. The topological polar surface area (TPSA) is 79.3 Å². The lowest BCUT2D eigenvalue weighted by molar-refractivity contribution is 0.275. The number of halogens is 1. The first kappa shape index (κ1) is 14.6. The van der Waals surface area contributed by atoms with Crippen LogP contribution in [-0.2, 0) is 23.2 Å². The average Bonchev–Trinajstić information content (AvgIpc) is 2.46. The molecule has 7 heteroatoms. The molecule has 0 saturated carbocycles. The summed E-state index contributed by atoms with van der Waals surface area (Å²) >= 11 is 0. The number of rotatable bonds is 5. The van der Waals surface area contributed by atoms with Gasteiger partial charge in [0.15, 0.2) is 0 Å². The van der Waals surface area contributed by atoms with Gasteiger partial charge in [0.05, 0.1) is 11.5 Å². The van der Waals surface area contributed by atoms with Crippen molar-refractivity contribution in [2.75, 3.05) is 0 Å². The summed E-state index contributed by atoms with van der Waals surface area (Å²) < 4.78 is 39.7. The Balaban J connectivity index is 2.18. The summed E-state index contributed by atoms with van der Waals surface area (Å²) in [6.07, 6.45) is 3.14. The van der Waals surface area contributed by atoms with E-state index in [0.717, 1.165) is 18.2 Å². The first-order valence-corrected chi connectivity index (χ1v) is 7.29. The Morgan fingerprint density at radius 3 is 2.75 bits per heavy atom. The molecule has 0 atom stereocenters. The first-order chi connectivity index (χ1) is 9.53. The zero-order chi connectivity index (χ0) is 14.6. The Morgan fingerprint density at radius 2 is 2.10 bits per heavy atom. The van der Waals surface area contributed by atoms with Gasteiger partial charge in [-0.25, -0.2) is 17.5 Å². The molecule has 1 heterocycles. The third-order valence-electron chi connectivity index (χ3n) is 2.69. The van der Waals surface area contributed by atoms with E-state index in [1.54, 1.807) is 24.5 Å². The van der Waals surface area contributed by atoms with Crippen LogP contribution in [0.15, 0.2) is 47.6 Å². The summed E-state index contributed by atoms with van der Waals surface area (Å²) in [5, 5.41) is 8.95. The maximum atomic E-state index is 13.2. The second kappa shape index (κ2) is 6.08. The number of hydrogen-bond acceptors (Lipinski definition) is 4. The van der Waals surface area contributed by atoms with Crippen LogP contribution >= 0.6 is 0 Å². The molecule has 1 aromatic heterocycles. The minimum atomic E-state index is -3.76. The molecule has 2 aromatic rings. The van der Waals surface area contributed by atoms with Gasteiger partial charge in [-0.2, -0.15) is 0 Å². The number of aliphatic hydroxyl groups is 1. The van der Waals surface area contributed by atoms with Gasteiger partial charge in [0.1, 0.15) is 5.82 Å². The number of benzene rings is 1. The quantitative estimate of drug-likeness (QED) is 0.868. The van der Waals surface area contributed by atoms with Gasteiger partial charge in [-0.3, -0.25) is 4.98 Å². The van der Waals surface area contributed by atoms with Crippen molar-refractivity contribution >= 4 is 10.0 Å². The van der Waals surface area contributed by atoms with Crippen molar-refractivity contribution in [3.8, 4) is 0 Å². The predicted octanol–water partition coefficient (Wildman–Crippen LogP) is 1.19. The van der Waals surface area contributed by atoms with E-state index in [2.05, 4.69) is 9.71 Å². The summed E-state index contributed by atoms with van der Waals surface area (Å²) in [4.78, 5) is 3.79. The largest absolute Gasteiger partial charge is 0.392 e. The van der Waals surface area contributed by atoms with E-state index in [9.17, 15) is 12.8 Å². The summed E-state index contributed by atoms with van der Waals surface area (Å²) in [5.74, 6) is -0.640. The van der Waals surface area contributed by atoms with E-state index in [4.69, 9.17) is 5.11 Å². The van der Waals surface area contributed by atoms with Gasteiger partial charge >= 0.3 is 0 Å². The SMILES string of the molecule is O=S(=O)(NCc1cccnc1)c1ccc(F)c(CO)c1. The van der Waals surface area contributed by atoms with Crippen LogP contribution in [0.4, 0.5) is 4.39 Å². The number of hydrogen-bond donors (Lipinski definition) is 2. The zero-order valence-corrected chi connectivity index (χ0v) is 11.3. The van der Waals surface area contributed by atoms with E-state index in [0.29, 0.717) is 5.56 Å². The number of pyridine rings is 1. The van der Waals surface area contributed by atoms with Gasteiger partial charge in [-0.05, 0) is 29.8 Å². The lowest BCUT2D eigenvalue weighted by atomic mass is 10.2. The molecule has 2 rings (SSSR count). The molecule has 0 bridgehead atoms. The maximum absolute atomic E-state index is 13.2. The van der Waals surface area contributed by atoms with Crippen molar-refractivity contribution < 1.29 is 17.9 Å². The van der Waals surface area contributed by atoms with Gasteiger partial charge in [0.25, 0.3) is 0 Å². The Morgan fingerprint density at radius 1 is 1.30 bits per heavy atom. The summed E-state index contributed by atoms with van der Waals surface area (Å²) in [5.41, 5.74) is 0.648.